The SMILES string of the molecule is CC1(C)OC2(C)c3ccccc3CCN2c2cc3sc([C@@H]4CCCC(C=O)C4)nc3cc21. The Bertz CT molecular complexity index is 1220. The van der Waals surface area contributed by atoms with Gasteiger partial charge in [0.25, 0.3) is 0 Å². The van der Waals surface area contributed by atoms with Crippen molar-refractivity contribution in [3.05, 3.63) is 58.1 Å². The predicted molar refractivity (Wildman–Crippen MR) is 129 cm³/mol. The summed E-state index contributed by atoms with van der Waals surface area (Å²) in [4.78, 5) is 18.9. The largest absolute Gasteiger partial charge is 0.341 e. The molecule has 2 aromatic carbocycles. The average molecular weight is 447 g/mol. The maximum Gasteiger partial charge on any atom is 0.165 e. The van der Waals surface area contributed by atoms with Crippen LogP contribution in [-0.2, 0) is 27.3 Å². The fraction of sp³-hybridized carbons (Fsp3) is 0.481. The van der Waals surface area contributed by atoms with Gasteiger partial charge in [0.2, 0.25) is 0 Å². The van der Waals surface area contributed by atoms with Crippen LogP contribution in [0.1, 0.15) is 74.1 Å². The summed E-state index contributed by atoms with van der Waals surface area (Å²) in [5, 5.41) is 1.19. The van der Waals surface area contributed by atoms with Crippen LogP contribution in [0.2, 0.25) is 0 Å². The summed E-state index contributed by atoms with van der Waals surface area (Å²) in [6, 6.07) is 13.3. The van der Waals surface area contributed by atoms with Gasteiger partial charge in [-0.05, 0) is 64.2 Å². The number of rotatable bonds is 2. The third-order valence-corrected chi connectivity index (χ3v) is 8.99. The molecule has 3 heterocycles. The molecule has 0 bridgehead atoms. The Balaban J connectivity index is 1.46. The third-order valence-electron chi connectivity index (χ3n) is 7.81. The quantitative estimate of drug-likeness (QED) is 0.435. The van der Waals surface area contributed by atoms with E-state index in [1.165, 1.54) is 32.1 Å². The Labute approximate surface area is 193 Å². The van der Waals surface area contributed by atoms with Gasteiger partial charge in [-0.2, -0.15) is 0 Å². The van der Waals surface area contributed by atoms with Crippen LogP contribution in [0, 0.1) is 5.92 Å². The van der Waals surface area contributed by atoms with E-state index >= 15 is 0 Å². The fourth-order valence-electron chi connectivity index (χ4n) is 6.23. The Morgan fingerprint density at radius 1 is 1.16 bits per heavy atom. The molecule has 0 saturated heterocycles. The number of aromatic nitrogens is 1. The van der Waals surface area contributed by atoms with Crippen molar-refractivity contribution in [2.75, 3.05) is 11.4 Å². The number of fused-ring (bicyclic) bond motifs is 6. The van der Waals surface area contributed by atoms with Crippen LogP contribution in [0.5, 0.6) is 0 Å². The van der Waals surface area contributed by atoms with Gasteiger partial charge >= 0.3 is 0 Å². The summed E-state index contributed by atoms with van der Waals surface area (Å²) in [7, 11) is 0. The second-order valence-electron chi connectivity index (χ2n) is 10.3. The van der Waals surface area contributed by atoms with E-state index in [-0.39, 0.29) is 5.92 Å². The van der Waals surface area contributed by atoms with Crippen molar-refractivity contribution in [2.45, 2.75) is 70.1 Å². The zero-order valence-electron chi connectivity index (χ0n) is 19.1. The van der Waals surface area contributed by atoms with Gasteiger partial charge in [0, 0.05) is 35.2 Å². The first-order valence-electron chi connectivity index (χ1n) is 11.9. The molecule has 5 heteroatoms. The minimum absolute atomic E-state index is 0.190. The Kier molecular flexibility index (Phi) is 4.54. The zero-order chi connectivity index (χ0) is 22.1. The lowest BCUT2D eigenvalue weighted by Crippen LogP contribution is -2.57. The number of ether oxygens (including phenoxy) is 1. The molecule has 1 fully saturated rings. The van der Waals surface area contributed by atoms with Gasteiger partial charge in [-0.25, -0.2) is 4.98 Å². The molecule has 2 unspecified atom stereocenters. The highest BCUT2D eigenvalue weighted by Gasteiger charge is 2.49. The summed E-state index contributed by atoms with van der Waals surface area (Å²) in [5.41, 5.74) is 5.31. The number of carbonyl (C=O) groups excluding carboxylic acids is 1. The number of carbonyl (C=O) groups is 1. The van der Waals surface area contributed by atoms with Gasteiger partial charge in [0.05, 0.1) is 20.8 Å². The maximum atomic E-state index is 11.4. The molecule has 0 amide bonds. The van der Waals surface area contributed by atoms with Crippen molar-refractivity contribution < 1.29 is 9.53 Å². The molecule has 0 N–H and O–H groups in total. The topological polar surface area (TPSA) is 42.4 Å². The lowest BCUT2D eigenvalue weighted by Gasteiger charge is -2.55. The first-order chi connectivity index (χ1) is 15.4. The Morgan fingerprint density at radius 3 is 2.84 bits per heavy atom. The second-order valence-corrected chi connectivity index (χ2v) is 11.4. The van der Waals surface area contributed by atoms with E-state index in [0.717, 1.165) is 50.5 Å². The minimum atomic E-state index is -0.479. The lowest BCUT2D eigenvalue weighted by atomic mass is 9.82. The summed E-state index contributed by atoms with van der Waals surface area (Å²) in [5.74, 6) is 0.597. The number of anilines is 1. The van der Waals surface area contributed by atoms with Crippen molar-refractivity contribution in [3.63, 3.8) is 0 Å². The number of hydrogen-bond donors (Lipinski definition) is 0. The molecule has 2 aliphatic heterocycles. The molecule has 32 heavy (non-hydrogen) atoms. The van der Waals surface area contributed by atoms with E-state index in [0.29, 0.717) is 5.92 Å². The van der Waals surface area contributed by atoms with Gasteiger partial charge < -0.3 is 14.4 Å². The molecule has 4 nitrogen and oxygen atoms in total. The maximum absolute atomic E-state index is 11.4. The molecular formula is C27H30N2O2S. The third kappa shape index (κ3) is 2.97. The summed E-state index contributed by atoms with van der Waals surface area (Å²) < 4.78 is 8.12. The summed E-state index contributed by atoms with van der Waals surface area (Å²) in [6.45, 7) is 7.53. The highest BCUT2D eigenvalue weighted by atomic mass is 32.1. The van der Waals surface area contributed by atoms with Crippen molar-refractivity contribution in [1.82, 2.24) is 4.98 Å². The smallest absolute Gasteiger partial charge is 0.165 e. The van der Waals surface area contributed by atoms with Crippen molar-refractivity contribution in [1.29, 1.82) is 0 Å². The molecule has 3 atom stereocenters. The Hall–Kier alpha value is -2.24. The van der Waals surface area contributed by atoms with Gasteiger partial charge in [0.15, 0.2) is 5.72 Å². The number of thiazole rings is 1. The van der Waals surface area contributed by atoms with Crippen LogP contribution in [0.4, 0.5) is 5.69 Å². The molecule has 0 radical (unpaired) electrons. The van der Waals surface area contributed by atoms with E-state index in [4.69, 9.17) is 9.72 Å². The standard InChI is InChI=1S/C27H30N2O2S/c1-26(2)21-14-22-24(32-25(28-22)19-9-6-7-17(13-19)16-30)15-23(21)29-12-11-18-8-4-5-10-20(18)27(29,3)31-26/h4-5,8,10,14-17,19H,6-7,9,11-13H2,1-3H3/t17?,19-,27?/m1/s1. The van der Waals surface area contributed by atoms with Gasteiger partial charge in [0.1, 0.15) is 6.29 Å². The van der Waals surface area contributed by atoms with Crippen LogP contribution >= 0.6 is 11.3 Å². The lowest BCUT2D eigenvalue weighted by molar-refractivity contribution is -0.155. The van der Waals surface area contributed by atoms with E-state index in [2.05, 4.69) is 62.1 Å². The molecule has 6 rings (SSSR count). The molecule has 3 aromatic rings. The highest BCUT2D eigenvalue weighted by molar-refractivity contribution is 7.18. The molecular weight excluding hydrogens is 416 g/mol. The highest BCUT2D eigenvalue weighted by Crippen LogP contribution is 2.52. The molecule has 166 valence electrons. The zero-order valence-corrected chi connectivity index (χ0v) is 19.9. The number of nitrogens with zero attached hydrogens (tertiary/aromatic N) is 2. The number of benzene rings is 2. The van der Waals surface area contributed by atoms with Crippen LogP contribution in [0.15, 0.2) is 36.4 Å². The van der Waals surface area contributed by atoms with Gasteiger partial charge in [-0.3, -0.25) is 0 Å². The van der Waals surface area contributed by atoms with Crippen LogP contribution in [-0.4, -0.2) is 17.8 Å². The van der Waals surface area contributed by atoms with Crippen LogP contribution in [0.3, 0.4) is 0 Å². The molecule has 0 spiro atoms. The predicted octanol–water partition coefficient (Wildman–Crippen LogP) is 6.27. The molecule has 3 aliphatic rings. The van der Waals surface area contributed by atoms with E-state index < -0.39 is 11.3 Å². The second kappa shape index (κ2) is 7.13. The molecule has 1 aliphatic carbocycles. The minimum Gasteiger partial charge on any atom is -0.341 e. The Morgan fingerprint density at radius 2 is 2.00 bits per heavy atom. The van der Waals surface area contributed by atoms with Crippen molar-refractivity contribution in [2.24, 2.45) is 5.92 Å². The van der Waals surface area contributed by atoms with Crippen molar-refractivity contribution >= 4 is 33.5 Å². The van der Waals surface area contributed by atoms with Gasteiger partial charge in [-0.1, -0.05) is 30.7 Å². The first kappa shape index (κ1) is 20.4. The van der Waals surface area contributed by atoms with Crippen molar-refractivity contribution in [3.8, 4) is 0 Å². The fourth-order valence-corrected chi connectivity index (χ4v) is 7.36. The van der Waals surface area contributed by atoms with Crippen LogP contribution in [0.25, 0.3) is 10.2 Å². The number of aldehydes is 1. The van der Waals surface area contributed by atoms with E-state index in [9.17, 15) is 4.79 Å². The summed E-state index contributed by atoms with van der Waals surface area (Å²) in [6.07, 6.45) is 6.40. The summed E-state index contributed by atoms with van der Waals surface area (Å²) >= 11 is 1.82. The number of hydrogen-bond acceptors (Lipinski definition) is 5. The molecule has 1 aromatic heterocycles. The van der Waals surface area contributed by atoms with E-state index in [1.54, 1.807) is 0 Å². The monoisotopic (exact) mass is 446 g/mol. The normalized spacial score (nSPS) is 28.7. The van der Waals surface area contributed by atoms with E-state index in [1.807, 2.05) is 11.3 Å². The average Bonchev–Trinajstić information content (AvgIpc) is 3.21. The van der Waals surface area contributed by atoms with Crippen LogP contribution < -0.4 is 4.90 Å². The molecule has 1 saturated carbocycles. The van der Waals surface area contributed by atoms with Gasteiger partial charge in [-0.15, -0.1) is 11.3 Å². The first-order valence-corrected chi connectivity index (χ1v) is 12.7.